The van der Waals surface area contributed by atoms with Crippen molar-refractivity contribution in [2.24, 2.45) is 0 Å². The fourth-order valence-corrected chi connectivity index (χ4v) is 0.979. The molecule has 16 heavy (non-hydrogen) atoms. The molecule has 0 aliphatic heterocycles. The third-order valence-corrected chi connectivity index (χ3v) is 2.03. The van der Waals surface area contributed by atoms with Crippen LogP contribution in [0.4, 0.5) is 0 Å². The van der Waals surface area contributed by atoms with E-state index in [0.717, 1.165) is 0 Å². The summed E-state index contributed by atoms with van der Waals surface area (Å²) in [5, 5.41) is 41.1. The Morgan fingerprint density at radius 2 is 1.06 bits per heavy atom. The van der Waals surface area contributed by atoms with E-state index in [0.29, 0.717) is 0 Å². The molecule has 0 aliphatic rings. The van der Waals surface area contributed by atoms with Crippen LogP contribution in [0.15, 0.2) is 0 Å². The Bertz CT molecular complexity index is 233. The summed E-state index contributed by atoms with van der Waals surface area (Å²) in [5.41, 5.74) is 0. The lowest BCUT2D eigenvalue weighted by Gasteiger charge is -2.24. The minimum atomic E-state index is -1.97. The molecule has 0 bridgehead atoms. The Balaban J connectivity index is 4.54. The van der Waals surface area contributed by atoms with Crippen LogP contribution in [0.5, 0.6) is 0 Å². The van der Waals surface area contributed by atoms with Gasteiger partial charge in [-0.25, -0.2) is 0 Å². The predicted molar refractivity (Wildman–Crippen MR) is 52.2 cm³/mol. The third kappa shape index (κ3) is 3.42. The highest BCUT2D eigenvalue weighted by atomic mass is 16.4. The van der Waals surface area contributed by atoms with Crippen LogP contribution in [0, 0.1) is 0 Å². The summed E-state index contributed by atoms with van der Waals surface area (Å²) < 4.78 is 0. The zero-order chi connectivity index (χ0) is 12.9. The zero-order valence-corrected chi connectivity index (χ0v) is 8.91. The van der Waals surface area contributed by atoms with Crippen LogP contribution >= 0.6 is 0 Å². The maximum atomic E-state index is 10.9. The highest BCUT2D eigenvalue weighted by molar-refractivity contribution is 5.82. The number of carbonyl (C=O) groups excluding carboxylic acids is 2. The Labute approximate surface area is 91.9 Å². The van der Waals surface area contributed by atoms with Gasteiger partial charge in [-0.1, -0.05) is 0 Å². The molecule has 0 fully saturated rings. The second-order valence-corrected chi connectivity index (χ2v) is 3.10. The highest BCUT2D eigenvalue weighted by Gasteiger charge is 2.36. The standard InChI is InChI=1S/C8H16N2O6/c1-9-7(15)5(13)3(11)4(12)6(14)8(16)10-2/h3-6,11-14H,1-2H3,(H,9,15)(H,10,16)/t3-,4+,5+,6-. The van der Waals surface area contributed by atoms with Crippen molar-refractivity contribution in [3.05, 3.63) is 0 Å². The molecule has 0 aromatic heterocycles. The van der Waals surface area contributed by atoms with Crippen molar-refractivity contribution < 1.29 is 30.0 Å². The molecule has 0 aliphatic carbocycles. The van der Waals surface area contributed by atoms with Crippen LogP contribution in [-0.2, 0) is 9.59 Å². The minimum Gasteiger partial charge on any atom is -0.387 e. The molecule has 8 nitrogen and oxygen atoms in total. The predicted octanol–water partition coefficient (Wildman–Crippen LogP) is -4.08. The van der Waals surface area contributed by atoms with Crippen molar-refractivity contribution in [3.8, 4) is 0 Å². The molecule has 0 saturated carbocycles. The molecule has 4 atom stereocenters. The summed E-state index contributed by atoms with van der Waals surface area (Å²) in [6, 6.07) is 0. The Morgan fingerprint density at radius 3 is 1.25 bits per heavy atom. The second kappa shape index (κ2) is 6.38. The van der Waals surface area contributed by atoms with Gasteiger partial charge in [0.2, 0.25) is 0 Å². The van der Waals surface area contributed by atoms with Crippen LogP contribution < -0.4 is 10.6 Å². The summed E-state index contributed by atoms with van der Waals surface area (Å²) in [4.78, 5) is 21.8. The van der Waals surface area contributed by atoms with Crippen molar-refractivity contribution >= 4 is 11.8 Å². The number of rotatable bonds is 5. The molecule has 0 aromatic carbocycles. The molecule has 0 aromatic rings. The van der Waals surface area contributed by atoms with Crippen molar-refractivity contribution in [2.75, 3.05) is 14.1 Å². The van der Waals surface area contributed by atoms with Crippen molar-refractivity contribution in [1.82, 2.24) is 10.6 Å². The Kier molecular flexibility index (Phi) is 5.89. The second-order valence-electron chi connectivity index (χ2n) is 3.10. The first-order valence-corrected chi connectivity index (χ1v) is 4.52. The lowest BCUT2D eigenvalue weighted by molar-refractivity contribution is -0.154. The van der Waals surface area contributed by atoms with Gasteiger partial charge in [0.05, 0.1) is 0 Å². The molecule has 0 rings (SSSR count). The van der Waals surface area contributed by atoms with Crippen molar-refractivity contribution in [3.63, 3.8) is 0 Å². The summed E-state index contributed by atoms with van der Waals surface area (Å²) in [6.45, 7) is 0. The first-order chi connectivity index (χ1) is 7.36. The first-order valence-electron chi connectivity index (χ1n) is 4.52. The Hall–Kier alpha value is -1.22. The van der Waals surface area contributed by atoms with Gasteiger partial charge in [0.15, 0.2) is 12.2 Å². The van der Waals surface area contributed by atoms with E-state index < -0.39 is 36.2 Å². The quantitative estimate of drug-likeness (QED) is 0.287. The van der Waals surface area contributed by atoms with Crippen molar-refractivity contribution in [2.45, 2.75) is 24.4 Å². The smallest absolute Gasteiger partial charge is 0.251 e. The molecule has 0 saturated heterocycles. The van der Waals surface area contributed by atoms with Gasteiger partial charge >= 0.3 is 0 Å². The topological polar surface area (TPSA) is 139 Å². The van der Waals surface area contributed by atoms with E-state index in [1.165, 1.54) is 14.1 Å². The minimum absolute atomic E-state index is 0.935. The molecule has 0 spiro atoms. The monoisotopic (exact) mass is 236 g/mol. The fourth-order valence-electron chi connectivity index (χ4n) is 0.979. The number of carbonyl (C=O) groups is 2. The Morgan fingerprint density at radius 1 is 0.812 bits per heavy atom. The van der Waals surface area contributed by atoms with Gasteiger partial charge < -0.3 is 31.1 Å². The lowest BCUT2D eigenvalue weighted by Crippen LogP contribution is -2.53. The summed E-state index contributed by atoms with van der Waals surface area (Å²) in [5.74, 6) is -1.87. The molecular weight excluding hydrogens is 220 g/mol. The number of aliphatic hydroxyl groups is 4. The van der Waals surface area contributed by atoms with E-state index in [-0.39, 0.29) is 0 Å². The van der Waals surface area contributed by atoms with E-state index >= 15 is 0 Å². The SMILES string of the molecule is CNC(=O)[C@@H](O)[C@H](O)[C@H](O)[C@@H](O)C(=O)NC. The number of amides is 2. The fraction of sp³-hybridized carbons (Fsp3) is 0.750. The number of hydrogen-bond acceptors (Lipinski definition) is 6. The molecule has 94 valence electrons. The zero-order valence-electron chi connectivity index (χ0n) is 8.91. The van der Waals surface area contributed by atoms with E-state index in [1.54, 1.807) is 0 Å². The van der Waals surface area contributed by atoms with Crippen LogP contribution in [-0.4, -0.2) is 70.8 Å². The highest BCUT2D eigenvalue weighted by Crippen LogP contribution is 2.05. The van der Waals surface area contributed by atoms with E-state index in [1.807, 2.05) is 10.6 Å². The molecule has 8 heteroatoms. The van der Waals surface area contributed by atoms with Crippen LogP contribution in [0.1, 0.15) is 0 Å². The van der Waals surface area contributed by atoms with E-state index in [2.05, 4.69) is 0 Å². The summed E-state index contributed by atoms with van der Waals surface area (Å²) >= 11 is 0. The van der Waals surface area contributed by atoms with Gasteiger partial charge in [-0.2, -0.15) is 0 Å². The molecule has 6 N–H and O–H groups in total. The average Bonchev–Trinajstić information content (AvgIpc) is 2.32. The van der Waals surface area contributed by atoms with Crippen LogP contribution in [0.25, 0.3) is 0 Å². The maximum absolute atomic E-state index is 10.9. The average molecular weight is 236 g/mol. The van der Waals surface area contributed by atoms with Crippen LogP contribution in [0.2, 0.25) is 0 Å². The number of hydrogen-bond donors (Lipinski definition) is 6. The molecule has 0 radical (unpaired) electrons. The molecule has 0 unspecified atom stereocenters. The number of aliphatic hydroxyl groups excluding tert-OH is 4. The van der Waals surface area contributed by atoms with Gasteiger partial charge in [-0.15, -0.1) is 0 Å². The largest absolute Gasteiger partial charge is 0.387 e. The summed E-state index contributed by atoms with van der Waals surface area (Å²) in [7, 11) is 2.44. The van der Waals surface area contributed by atoms with Gasteiger partial charge in [0, 0.05) is 14.1 Å². The van der Waals surface area contributed by atoms with E-state index in [9.17, 15) is 30.0 Å². The third-order valence-electron chi connectivity index (χ3n) is 2.03. The van der Waals surface area contributed by atoms with Gasteiger partial charge in [0.1, 0.15) is 12.2 Å². The van der Waals surface area contributed by atoms with Gasteiger partial charge in [0.25, 0.3) is 11.8 Å². The van der Waals surface area contributed by atoms with Gasteiger partial charge in [-0.05, 0) is 0 Å². The first kappa shape index (κ1) is 14.8. The number of likely N-dealkylation sites (N-methyl/N-ethyl adjacent to an activating group) is 2. The molecule has 0 heterocycles. The molecular formula is C8H16N2O6. The summed E-state index contributed by atoms with van der Waals surface area (Å²) in [6.07, 6.45) is -7.79. The van der Waals surface area contributed by atoms with Gasteiger partial charge in [-0.3, -0.25) is 9.59 Å². The van der Waals surface area contributed by atoms with Crippen LogP contribution in [0.3, 0.4) is 0 Å². The van der Waals surface area contributed by atoms with E-state index in [4.69, 9.17) is 0 Å². The molecule has 2 amide bonds. The normalized spacial score (nSPS) is 18.1. The number of nitrogens with one attached hydrogen (secondary N) is 2. The van der Waals surface area contributed by atoms with Crippen molar-refractivity contribution in [1.29, 1.82) is 0 Å². The lowest BCUT2D eigenvalue weighted by atomic mass is 10.0. The maximum Gasteiger partial charge on any atom is 0.251 e.